The number of rotatable bonds is 4. The summed E-state index contributed by atoms with van der Waals surface area (Å²) in [4.78, 5) is 22.5. The first-order chi connectivity index (χ1) is 12.2. The number of nitrogens with one attached hydrogen (secondary N) is 2. The molecule has 0 radical (unpaired) electrons. The molecule has 0 aromatic heterocycles. The molecule has 0 saturated carbocycles. The van der Waals surface area contributed by atoms with E-state index in [0.29, 0.717) is 0 Å². The topological polar surface area (TPSA) is 93.5 Å². The van der Waals surface area contributed by atoms with E-state index in [1.165, 1.54) is 37.4 Å². The Bertz CT molecular complexity index is 885. The summed E-state index contributed by atoms with van der Waals surface area (Å²) < 4.78 is 5.01. The summed E-state index contributed by atoms with van der Waals surface area (Å²) in [6, 6.07) is 6.52. The maximum atomic E-state index is 12.3. The molecule has 0 aliphatic rings. The van der Waals surface area contributed by atoms with Gasteiger partial charge >= 0.3 is 0 Å². The number of hydrogen-bond acceptors (Lipinski definition) is 5. The van der Waals surface area contributed by atoms with Gasteiger partial charge in [0.05, 0.1) is 32.8 Å². The molecule has 11 heteroatoms. The zero-order valence-electron chi connectivity index (χ0n) is 13.0. The highest BCUT2D eigenvalue weighted by Gasteiger charge is 2.16. The Hall–Kier alpha value is -2.13. The van der Waals surface area contributed by atoms with Gasteiger partial charge in [-0.2, -0.15) is 0 Å². The number of nitro groups is 1. The molecular weight excluding hydrogens is 425 g/mol. The van der Waals surface area contributed by atoms with Crippen molar-refractivity contribution >= 4 is 69.4 Å². The number of nitro benzene ring substituents is 1. The average molecular weight is 435 g/mol. The molecule has 2 aromatic carbocycles. The Morgan fingerprint density at radius 2 is 1.77 bits per heavy atom. The molecule has 0 aliphatic carbocycles. The number of thiocarbonyl (C=S) groups is 1. The van der Waals surface area contributed by atoms with Crippen LogP contribution < -0.4 is 15.4 Å². The van der Waals surface area contributed by atoms with Gasteiger partial charge in [0.25, 0.3) is 11.6 Å². The van der Waals surface area contributed by atoms with Crippen molar-refractivity contribution in [3.8, 4) is 5.75 Å². The molecule has 26 heavy (non-hydrogen) atoms. The number of hydrogen-bond donors (Lipinski definition) is 2. The van der Waals surface area contributed by atoms with Crippen molar-refractivity contribution in [2.75, 3.05) is 12.4 Å². The van der Waals surface area contributed by atoms with Gasteiger partial charge in [-0.1, -0.05) is 34.8 Å². The number of anilines is 1. The number of ether oxygens (including phenoxy) is 1. The normalized spacial score (nSPS) is 10.2. The van der Waals surface area contributed by atoms with Crippen molar-refractivity contribution in [1.29, 1.82) is 0 Å². The van der Waals surface area contributed by atoms with E-state index >= 15 is 0 Å². The molecule has 1 amide bonds. The van der Waals surface area contributed by atoms with E-state index in [0.717, 1.165) is 0 Å². The van der Waals surface area contributed by atoms with Gasteiger partial charge in [0, 0.05) is 17.7 Å². The molecule has 2 aromatic rings. The zero-order chi connectivity index (χ0) is 19.4. The highest BCUT2D eigenvalue weighted by Crippen LogP contribution is 2.33. The van der Waals surface area contributed by atoms with Gasteiger partial charge in [0.15, 0.2) is 10.9 Å². The molecule has 0 atom stereocenters. The maximum Gasteiger partial charge on any atom is 0.271 e. The molecular formula is C15H10Cl3N3O4S. The molecule has 7 nitrogen and oxygen atoms in total. The van der Waals surface area contributed by atoms with E-state index < -0.39 is 10.8 Å². The van der Waals surface area contributed by atoms with E-state index in [1.807, 2.05) is 0 Å². The van der Waals surface area contributed by atoms with E-state index in [4.69, 9.17) is 51.8 Å². The van der Waals surface area contributed by atoms with Crippen LogP contribution in [0.4, 0.5) is 11.4 Å². The van der Waals surface area contributed by atoms with E-state index in [-0.39, 0.29) is 42.9 Å². The van der Waals surface area contributed by atoms with Crippen molar-refractivity contribution in [2.24, 2.45) is 0 Å². The first kappa shape index (κ1) is 20.2. The quantitative estimate of drug-likeness (QED) is 0.412. The first-order valence-corrected chi connectivity index (χ1v) is 8.36. The Kier molecular flexibility index (Phi) is 6.60. The van der Waals surface area contributed by atoms with Crippen LogP contribution in [0.5, 0.6) is 5.75 Å². The zero-order valence-corrected chi connectivity index (χ0v) is 16.1. The Balaban J connectivity index is 2.14. The van der Waals surface area contributed by atoms with Crippen molar-refractivity contribution in [2.45, 2.75) is 0 Å². The van der Waals surface area contributed by atoms with Crippen LogP contribution in [-0.2, 0) is 0 Å². The number of methoxy groups -OCH3 is 1. The fourth-order valence-electron chi connectivity index (χ4n) is 1.94. The third-order valence-corrected chi connectivity index (χ3v) is 4.20. The minimum atomic E-state index is -0.587. The predicted octanol–water partition coefficient (Wildman–Crippen LogP) is 4.69. The Morgan fingerprint density at radius 1 is 1.15 bits per heavy atom. The van der Waals surface area contributed by atoms with Crippen LogP contribution in [0.25, 0.3) is 0 Å². The number of nitrogens with zero attached hydrogens (tertiary/aromatic N) is 1. The summed E-state index contributed by atoms with van der Waals surface area (Å²) in [5.41, 5.74) is 0.145. The number of non-ortho nitro benzene ring substituents is 1. The lowest BCUT2D eigenvalue weighted by Gasteiger charge is -2.12. The summed E-state index contributed by atoms with van der Waals surface area (Å²) in [6.45, 7) is 0. The highest BCUT2D eigenvalue weighted by atomic mass is 35.5. The lowest BCUT2D eigenvalue weighted by molar-refractivity contribution is -0.384. The van der Waals surface area contributed by atoms with E-state index in [2.05, 4.69) is 10.6 Å². The van der Waals surface area contributed by atoms with Crippen LogP contribution in [0.2, 0.25) is 15.1 Å². The number of amides is 1. The highest BCUT2D eigenvalue weighted by molar-refractivity contribution is 7.80. The molecule has 2 N–H and O–H groups in total. The van der Waals surface area contributed by atoms with Crippen LogP contribution in [0.3, 0.4) is 0 Å². The standard InChI is InChI=1S/C15H10Cl3N3O4S/c1-25-13-10(17)4-7(5-11(13)18)14(22)20-15(26)19-12-6-8(21(23)24)2-3-9(12)16/h2-6H,1H3,(H2,19,20,22,26). The third-order valence-electron chi connectivity index (χ3n) is 3.10. The summed E-state index contributed by atoms with van der Waals surface area (Å²) in [5, 5.41) is 16.3. The monoisotopic (exact) mass is 433 g/mol. The van der Waals surface area contributed by atoms with Crippen molar-refractivity contribution < 1.29 is 14.5 Å². The number of carbonyl (C=O) groups is 1. The van der Waals surface area contributed by atoms with Gasteiger partial charge in [0.1, 0.15) is 0 Å². The van der Waals surface area contributed by atoms with Gasteiger partial charge in [-0.05, 0) is 30.4 Å². The average Bonchev–Trinajstić information content (AvgIpc) is 2.56. The van der Waals surface area contributed by atoms with Crippen molar-refractivity contribution in [3.05, 3.63) is 61.1 Å². The second-order valence-corrected chi connectivity index (χ2v) is 6.43. The molecule has 0 fully saturated rings. The fraction of sp³-hybridized carbons (Fsp3) is 0.0667. The lowest BCUT2D eigenvalue weighted by Crippen LogP contribution is -2.34. The molecule has 2 rings (SSSR count). The van der Waals surface area contributed by atoms with Crippen LogP contribution in [-0.4, -0.2) is 23.1 Å². The molecule has 0 saturated heterocycles. The van der Waals surface area contributed by atoms with E-state index in [9.17, 15) is 14.9 Å². The van der Waals surface area contributed by atoms with Gasteiger partial charge in [-0.3, -0.25) is 20.2 Å². The van der Waals surface area contributed by atoms with Crippen LogP contribution >= 0.6 is 47.0 Å². The molecule has 0 aliphatic heterocycles. The SMILES string of the molecule is COc1c(Cl)cc(C(=O)NC(=S)Nc2cc([N+](=O)[O-])ccc2Cl)cc1Cl. The van der Waals surface area contributed by atoms with Crippen LogP contribution in [0.15, 0.2) is 30.3 Å². The number of halogens is 3. The third kappa shape index (κ3) is 4.73. The minimum absolute atomic E-state index is 0.111. The summed E-state index contributed by atoms with van der Waals surface area (Å²) in [7, 11) is 1.40. The molecule has 0 spiro atoms. The maximum absolute atomic E-state index is 12.3. The van der Waals surface area contributed by atoms with Crippen molar-refractivity contribution in [3.63, 3.8) is 0 Å². The molecule has 0 unspecified atom stereocenters. The summed E-state index contributed by atoms with van der Waals surface area (Å²) in [5.74, 6) is -0.343. The number of benzene rings is 2. The Morgan fingerprint density at radius 3 is 2.31 bits per heavy atom. The fourth-order valence-corrected chi connectivity index (χ4v) is 2.95. The number of carbonyl (C=O) groups excluding carboxylic acids is 1. The van der Waals surface area contributed by atoms with Gasteiger partial charge in [-0.15, -0.1) is 0 Å². The predicted molar refractivity (Wildman–Crippen MR) is 105 cm³/mol. The summed E-state index contributed by atoms with van der Waals surface area (Å²) in [6.07, 6.45) is 0. The van der Waals surface area contributed by atoms with Gasteiger partial charge in [-0.25, -0.2) is 0 Å². The Labute approximate surface area is 168 Å². The van der Waals surface area contributed by atoms with Gasteiger partial charge in [0.2, 0.25) is 0 Å². The van der Waals surface area contributed by atoms with E-state index in [1.54, 1.807) is 0 Å². The first-order valence-electron chi connectivity index (χ1n) is 6.82. The van der Waals surface area contributed by atoms with Crippen LogP contribution in [0, 0.1) is 10.1 Å². The molecule has 136 valence electrons. The van der Waals surface area contributed by atoms with Crippen molar-refractivity contribution in [1.82, 2.24) is 5.32 Å². The second-order valence-electron chi connectivity index (χ2n) is 4.80. The largest absolute Gasteiger partial charge is 0.494 e. The summed E-state index contributed by atoms with van der Waals surface area (Å²) >= 11 is 23.0. The molecule has 0 bridgehead atoms. The molecule has 0 heterocycles. The smallest absolute Gasteiger partial charge is 0.271 e. The van der Waals surface area contributed by atoms with Gasteiger partial charge < -0.3 is 10.1 Å². The minimum Gasteiger partial charge on any atom is -0.494 e. The lowest BCUT2D eigenvalue weighted by atomic mass is 10.2. The van der Waals surface area contributed by atoms with Crippen LogP contribution in [0.1, 0.15) is 10.4 Å². The second kappa shape index (κ2) is 8.50.